The molecule has 1 fully saturated rings. The first kappa shape index (κ1) is 19.4. The van der Waals surface area contributed by atoms with Crippen LogP contribution in [0.3, 0.4) is 0 Å². The first-order chi connectivity index (χ1) is 11.3. The minimum atomic E-state index is -2.99. The van der Waals surface area contributed by atoms with Crippen LogP contribution in [0.5, 0.6) is 0 Å². The van der Waals surface area contributed by atoms with Crippen LogP contribution in [0.4, 0.5) is 14.5 Å². The van der Waals surface area contributed by atoms with Crippen molar-refractivity contribution in [2.75, 3.05) is 23.4 Å². The largest absolute Gasteiger partial charge is 0.345 e. The molecule has 9 heteroatoms. The van der Waals surface area contributed by atoms with E-state index in [1.165, 1.54) is 0 Å². The fourth-order valence-corrected chi connectivity index (χ4v) is 5.21. The molecular formula is C15H20F2N2O2S3. The van der Waals surface area contributed by atoms with Gasteiger partial charge in [0.05, 0.1) is 11.5 Å². The van der Waals surface area contributed by atoms with Gasteiger partial charge in [-0.3, -0.25) is 0 Å². The molecule has 2 rings (SSSR count). The Morgan fingerprint density at radius 3 is 2.58 bits per heavy atom. The van der Waals surface area contributed by atoms with E-state index in [2.05, 4.69) is 5.32 Å². The molecule has 0 aliphatic carbocycles. The van der Waals surface area contributed by atoms with Crippen LogP contribution in [0.2, 0.25) is 0 Å². The van der Waals surface area contributed by atoms with Crippen LogP contribution in [0.1, 0.15) is 19.8 Å². The molecule has 0 saturated carbocycles. The van der Waals surface area contributed by atoms with Gasteiger partial charge in [0.25, 0.3) is 5.76 Å². The SMILES string of the molecule is CCCN(C(=S)Nc1ccc(SC(F)F)cc1)[C@@H]1CCS(=O)(=O)C1. The van der Waals surface area contributed by atoms with Gasteiger partial charge < -0.3 is 10.2 Å². The van der Waals surface area contributed by atoms with Crippen LogP contribution in [0.25, 0.3) is 0 Å². The van der Waals surface area contributed by atoms with Gasteiger partial charge in [-0.1, -0.05) is 18.7 Å². The summed E-state index contributed by atoms with van der Waals surface area (Å²) >= 11 is 5.92. The van der Waals surface area contributed by atoms with E-state index in [1.54, 1.807) is 24.3 Å². The highest BCUT2D eigenvalue weighted by Crippen LogP contribution is 2.26. The predicted octanol–water partition coefficient (Wildman–Crippen LogP) is 3.60. The lowest BCUT2D eigenvalue weighted by Gasteiger charge is -2.30. The average molecular weight is 395 g/mol. The highest BCUT2D eigenvalue weighted by Gasteiger charge is 2.33. The number of hydrogen-bond acceptors (Lipinski definition) is 4. The highest BCUT2D eigenvalue weighted by atomic mass is 32.2. The zero-order valence-electron chi connectivity index (χ0n) is 13.2. The Kier molecular flexibility index (Phi) is 6.82. The molecule has 1 aromatic rings. The molecule has 1 aromatic carbocycles. The van der Waals surface area contributed by atoms with Crippen molar-refractivity contribution in [2.45, 2.75) is 36.5 Å². The van der Waals surface area contributed by atoms with E-state index in [0.717, 1.165) is 6.42 Å². The number of alkyl halides is 2. The lowest BCUT2D eigenvalue weighted by atomic mass is 10.2. The summed E-state index contributed by atoms with van der Waals surface area (Å²) in [4.78, 5) is 2.40. The number of halogens is 2. The van der Waals surface area contributed by atoms with Crippen molar-refractivity contribution in [2.24, 2.45) is 0 Å². The van der Waals surface area contributed by atoms with E-state index in [4.69, 9.17) is 12.2 Å². The summed E-state index contributed by atoms with van der Waals surface area (Å²) in [5, 5.41) is 3.54. The maximum absolute atomic E-state index is 12.3. The predicted molar refractivity (Wildman–Crippen MR) is 98.6 cm³/mol. The van der Waals surface area contributed by atoms with Crippen molar-refractivity contribution in [1.29, 1.82) is 0 Å². The Bertz CT molecular complexity index is 666. The molecule has 24 heavy (non-hydrogen) atoms. The van der Waals surface area contributed by atoms with Crippen LogP contribution in [0.15, 0.2) is 29.2 Å². The summed E-state index contributed by atoms with van der Waals surface area (Å²) in [5.74, 6) is -2.13. The lowest BCUT2D eigenvalue weighted by Crippen LogP contribution is -2.43. The van der Waals surface area contributed by atoms with Crippen LogP contribution in [0, 0.1) is 0 Å². The normalized spacial score (nSPS) is 19.4. The molecule has 1 aliphatic rings. The van der Waals surface area contributed by atoms with Gasteiger partial charge in [-0.25, -0.2) is 8.42 Å². The molecule has 1 N–H and O–H groups in total. The van der Waals surface area contributed by atoms with Gasteiger partial charge in [0.2, 0.25) is 0 Å². The molecule has 0 bridgehead atoms. The minimum Gasteiger partial charge on any atom is -0.345 e. The Labute approximate surface area is 150 Å². The number of anilines is 1. The zero-order chi connectivity index (χ0) is 17.7. The van der Waals surface area contributed by atoms with Crippen LogP contribution >= 0.6 is 24.0 Å². The van der Waals surface area contributed by atoms with Crippen molar-refractivity contribution in [3.8, 4) is 0 Å². The molecule has 0 amide bonds. The Hall–Kier alpha value is -0.930. The first-order valence-electron chi connectivity index (χ1n) is 7.63. The van der Waals surface area contributed by atoms with Crippen molar-refractivity contribution in [3.05, 3.63) is 24.3 Å². The summed E-state index contributed by atoms with van der Waals surface area (Å²) < 4.78 is 48.1. The van der Waals surface area contributed by atoms with Crippen LogP contribution < -0.4 is 5.32 Å². The van der Waals surface area contributed by atoms with Crippen molar-refractivity contribution in [3.63, 3.8) is 0 Å². The van der Waals surface area contributed by atoms with E-state index in [1.807, 2.05) is 11.8 Å². The van der Waals surface area contributed by atoms with E-state index in [-0.39, 0.29) is 17.5 Å². The number of thiocarbonyl (C=S) groups is 1. The quantitative estimate of drug-likeness (QED) is 0.588. The second kappa shape index (κ2) is 8.44. The number of nitrogens with one attached hydrogen (secondary N) is 1. The fraction of sp³-hybridized carbons (Fsp3) is 0.533. The maximum Gasteiger partial charge on any atom is 0.288 e. The Balaban J connectivity index is 2.02. The van der Waals surface area contributed by atoms with Gasteiger partial charge >= 0.3 is 0 Å². The molecule has 0 unspecified atom stereocenters. The summed E-state index contributed by atoms with van der Waals surface area (Å²) in [6.45, 7) is 2.68. The number of benzene rings is 1. The van der Waals surface area contributed by atoms with Gasteiger partial charge in [0, 0.05) is 23.2 Å². The van der Waals surface area contributed by atoms with Crippen molar-refractivity contribution < 1.29 is 17.2 Å². The number of nitrogens with zero attached hydrogens (tertiary/aromatic N) is 1. The Morgan fingerprint density at radius 1 is 1.42 bits per heavy atom. The third-order valence-electron chi connectivity index (χ3n) is 3.71. The monoisotopic (exact) mass is 394 g/mol. The van der Waals surface area contributed by atoms with E-state index >= 15 is 0 Å². The number of hydrogen-bond donors (Lipinski definition) is 1. The second-order valence-electron chi connectivity index (χ2n) is 5.58. The lowest BCUT2D eigenvalue weighted by molar-refractivity contribution is 0.252. The molecule has 0 radical (unpaired) electrons. The van der Waals surface area contributed by atoms with Crippen LogP contribution in [-0.4, -0.2) is 48.3 Å². The number of rotatable bonds is 6. The average Bonchev–Trinajstić information content (AvgIpc) is 2.86. The molecular weight excluding hydrogens is 374 g/mol. The van der Waals surface area contributed by atoms with E-state index in [9.17, 15) is 17.2 Å². The van der Waals surface area contributed by atoms with Gasteiger partial charge in [-0.2, -0.15) is 8.78 Å². The molecule has 1 atom stereocenters. The van der Waals surface area contributed by atoms with Crippen LogP contribution in [-0.2, 0) is 9.84 Å². The standard InChI is InChI=1S/C15H20F2N2O2S3/c1-2-8-19(12-7-9-24(20,21)10-12)15(22)18-11-3-5-13(6-4-11)23-14(16)17/h3-6,12,14H,2,7-10H2,1H3,(H,18,22)/t12-/m1/s1. The highest BCUT2D eigenvalue weighted by molar-refractivity contribution is 7.99. The maximum atomic E-state index is 12.3. The zero-order valence-corrected chi connectivity index (χ0v) is 15.7. The first-order valence-corrected chi connectivity index (χ1v) is 10.7. The van der Waals surface area contributed by atoms with E-state index < -0.39 is 15.6 Å². The van der Waals surface area contributed by atoms with Gasteiger partial charge in [-0.05, 0) is 49.3 Å². The smallest absolute Gasteiger partial charge is 0.288 e. The molecule has 1 aliphatic heterocycles. The molecule has 1 heterocycles. The van der Waals surface area contributed by atoms with Gasteiger partial charge in [0.1, 0.15) is 0 Å². The number of thioether (sulfide) groups is 1. The Morgan fingerprint density at radius 2 is 2.08 bits per heavy atom. The fourth-order valence-electron chi connectivity index (χ4n) is 2.63. The minimum absolute atomic E-state index is 0.108. The van der Waals surface area contributed by atoms with Crippen molar-refractivity contribution >= 4 is 44.6 Å². The topological polar surface area (TPSA) is 49.4 Å². The second-order valence-corrected chi connectivity index (χ2v) is 9.26. The number of sulfone groups is 1. The molecule has 0 aromatic heterocycles. The summed E-state index contributed by atoms with van der Waals surface area (Å²) in [5.41, 5.74) is 0.695. The molecule has 4 nitrogen and oxygen atoms in total. The third kappa shape index (κ3) is 5.56. The summed E-state index contributed by atoms with van der Waals surface area (Å²) in [7, 11) is -2.99. The van der Waals surface area contributed by atoms with Gasteiger partial charge in [-0.15, -0.1) is 0 Å². The molecule has 0 spiro atoms. The van der Waals surface area contributed by atoms with Gasteiger partial charge in [0.15, 0.2) is 14.9 Å². The summed E-state index contributed by atoms with van der Waals surface area (Å²) in [6.07, 6.45) is 1.43. The third-order valence-corrected chi connectivity index (χ3v) is 6.51. The molecule has 1 saturated heterocycles. The van der Waals surface area contributed by atoms with Crippen molar-refractivity contribution in [1.82, 2.24) is 4.90 Å². The summed E-state index contributed by atoms with van der Waals surface area (Å²) in [6, 6.07) is 6.47. The van der Waals surface area contributed by atoms with E-state index in [0.29, 0.717) is 40.4 Å². The molecule has 134 valence electrons.